The average Bonchev–Trinajstić information content (AvgIpc) is 2.74. The van der Waals surface area contributed by atoms with E-state index >= 15 is 0 Å². The maximum Gasteiger partial charge on any atom is 0.417 e. The monoisotopic (exact) mass is 455 g/mol. The molecule has 4 N–H and O–H groups in total. The lowest BCUT2D eigenvalue weighted by atomic mass is 10.0. The van der Waals surface area contributed by atoms with Crippen molar-refractivity contribution in [3.8, 4) is 5.75 Å². The molecule has 0 spiro atoms. The van der Waals surface area contributed by atoms with Crippen LogP contribution in [0.1, 0.15) is 29.3 Å². The lowest BCUT2D eigenvalue weighted by Gasteiger charge is -2.38. The highest BCUT2D eigenvalue weighted by atomic mass is 35.5. The normalized spacial score (nSPS) is 17.0. The minimum absolute atomic E-state index is 0.181. The summed E-state index contributed by atoms with van der Waals surface area (Å²) in [6.07, 6.45) is -2.87. The lowest BCUT2D eigenvalue weighted by Crippen LogP contribution is -2.49. The molecule has 11 heteroatoms. The highest BCUT2D eigenvalue weighted by Crippen LogP contribution is 2.37. The second kappa shape index (κ2) is 8.64. The van der Waals surface area contributed by atoms with E-state index in [0.717, 1.165) is 12.1 Å². The zero-order valence-corrected chi connectivity index (χ0v) is 17.5. The van der Waals surface area contributed by atoms with E-state index in [1.807, 2.05) is 0 Å². The van der Waals surface area contributed by atoms with Gasteiger partial charge < -0.3 is 15.4 Å². The average molecular weight is 456 g/mol. The lowest BCUT2D eigenvalue weighted by molar-refractivity contribution is -0.137. The van der Waals surface area contributed by atoms with Crippen LogP contribution in [0.5, 0.6) is 5.75 Å². The van der Waals surface area contributed by atoms with Crippen LogP contribution < -0.4 is 21.3 Å². The summed E-state index contributed by atoms with van der Waals surface area (Å²) in [4.78, 5) is 18.6. The first kappa shape index (κ1) is 22.7. The first-order chi connectivity index (χ1) is 14.6. The van der Waals surface area contributed by atoms with Crippen LogP contribution in [0.2, 0.25) is 5.02 Å². The van der Waals surface area contributed by atoms with Gasteiger partial charge in [0.1, 0.15) is 5.75 Å². The molecule has 0 aliphatic carbocycles. The van der Waals surface area contributed by atoms with Gasteiger partial charge in [-0.05, 0) is 25.1 Å². The number of benzene rings is 1. The van der Waals surface area contributed by atoms with Crippen molar-refractivity contribution in [2.75, 3.05) is 18.7 Å². The van der Waals surface area contributed by atoms with Gasteiger partial charge in [0.25, 0.3) is 5.91 Å². The van der Waals surface area contributed by atoms with Gasteiger partial charge in [0.2, 0.25) is 0 Å². The van der Waals surface area contributed by atoms with Crippen molar-refractivity contribution < 1.29 is 22.7 Å². The minimum Gasteiger partial charge on any atom is -0.497 e. The Labute approximate surface area is 182 Å². The summed E-state index contributed by atoms with van der Waals surface area (Å²) in [6, 6.07) is 5.91. The molecular formula is C20H21ClF3N5O2. The predicted octanol–water partition coefficient (Wildman–Crippen LogP) is 3.55. The van der Waals surface area contributed by atoms with Crippen molar-refractivity contribution >= 4 is 23.3 Å². The molecule has 0 bridgehead atoms. The Kier molecular flexibility index (Phi) is 6.33. The van der Waals surface area contributed by atoms with Gasteiger partial charge in [0.15, 0.2) is 5.82 Å². The summed E-state index contributed by atoms with van der Waals surface area (Å²) >= 11 is 5.92. The van der Waals surface area contributed by atoms with Crippen LogP contribution in [0.15, 0.2) is 47.9 Å². The van der Waals surface area contributed by atoms with Crippen LogP contribution in [-0.4, -0.2) is 35.5 Å². The fourth-order valence-corrected chi connectivity index (χ4v) is 3.69. The summed E-state index contributed by atoms with van der Waals surface area (Å²) in [7, 11) is 1.51. The molecule has 0 fully saturated rings. The first-order valence-corrected chi connectivity index (χ1v) is 9.64. The molecule has 1 aliphatic rings. The van der Waals surface area contributed by atoms with Gasteiger partial charge >= 0.3 is 6.18 Å². The molecule has 0 saturated carbocycles. The number of anilines is 1. The summed E-state index contributed by atoms with van der Waals surface area (Å²) in [5.74, 6) is 6.50. The van der Waals surface area contributed by atoms with E-state index in [0.29, 0.717) is 23.0 Å². The van der Waals surface area contributed by atoms with Crippen molar-refractivity contribution in [1.29, 1.82) is 0 Å². The number of methoxy groups -OCH3 is 1. The number of hydrogen-bond donors (Lipinski definition) is 2. The van der Waals surface area contributed by atoms with Gasteiger partial charge in [-0.2, -0.15) is 13.2 Å². The molecule has 0 saturated heterocycles. The number of carbonyl (C=O) groups is 1. The van der Waals surface area contributed by atoms with Gasteiger partial charge in [-0.1, -0.05) is 17.7 Å². The second-order valence-electron chi connectivity index (χ2n) is 6.92. The van der Waals surface area contributed by atoms with Crippen LogP contribution >= 0.6 is 11.6 Å². The molecule has 166 valence electrons. The number of alkyl halides is 3. The first-order valence-electron chi connectivity index (χ1n) is 9.26. The molecule has 2 aromatic rings. The van der Waals surface area contributed by atoms with Crippen LogP contribution in [0.25, 0.3) is 0 Å². The van der Waals surface area contributed by atoms with Crippen LogP contribution in [-0.2, 0) is 6.18 Å². The predicted molar refractivity (Wildman–Crippen MR) is 110 cm³/mol. The third-order valence-electron chi connectivity index (χ3n) is 5.13. The SMILES string of the molecule is COc1ccnc(N(N)C2=C(N)C(C)N(C(=O)c3cccc(C(F)(F)F)c3Cl)CC2)c1. The third kappa shape index (κ3) is 4.40. The Hall–Kier alpha value is -2.98. The van der Waals surface area contributed by atoms with Gasteiger partial charge in [-0.25, -0.2) is 10.8 Å². The molecule has 3 rings (SSSR count). The molecule has 1 amide bonds. The van der Waals surface area contributed by atoms with Crippen LogP contribution in [0.4, 0.5) is 19.0 Å². The summed E-state index contributed by atoms with van der Waals surface area (Å²) in [6.45, 7) is 1.85. The molecule has 2 heterocycles. The summed E-state index contributed by atoms with van der Waals surface area (Å²) in [5, 5.41) is 0.675. The fourth-order valence-electron chi connectivity index (χ4n) is 3.38. The van der Waals surface area contributed by atoms with Crippen molar-refractivity contribution in [1.82, 2.24) is 9.88 Å². The number of halogens is 4. The largest absolute Gasteiger partial charge is 0.497 e. The zero-order chi connectivity index (χ0) is 22.9. The number of hydrogen-bond acceptors (Lipinski definition) is 6. The van der Waals surface area contributed by atoms with Crippen molar-refractivity contribution in [2.45, 2.75) is 25.6 Å². The number of carbonyl (C=O) groups excluding carboxylic acids is 1. The number of rotatable bonds is 4. The van der Waals surface area contributed by atoms with E-state index in [9.17, 15) is 18.0 Å². The fraction of sp³-hybridized carbons (Fsp3) is 0.300. The number of pyridine rings is 1. The Bertz CT molecular complexity index is 1030. The number of nitrogens with zero attached hydrogens (tertiary/aromatic N) is 3. The van der Waals surface area contributed by atoms with Crippen molar-refractivity contribution in [3.63, 3.8) is 0 Å². The maximum absolute atomic E-state index is 13.2. The molecular weight excluding hydrogens is 435 g/mol. The van der Waals surface area contributed by atoms with Gasteiger partial charge in [-0.3, -0.25) is 9.80 Å². The highest BCUT2D eigenvalue weighted by Gasteiger charge is 2.37. The van der Waals surface area contributed by atoms with Crippen molar-refractivity contribution in [2.24, 2.45) is 11.6 Å². The number of amides is 1. The third-order valence-corrected chi connectivity index (χ3v) is 5.53. The van der Waals surface area contributed by atoms with Crippen LogP contribution in [0.3, 0.4) is 0 Å². The van der Waals surface area contributed by atoms with Crippen LogP contribution in [0, 0.1) is 0 Å². The number of ether oxygens (including phenoxy) is 1. The van der Waals surface area contributed by atoms with E-state index in [1.165, 1.54) is 29.3 Å². The topological polar surface area (TPSA) is 97.7 Å². The van der Waals surface area contributed by atoms with Crippen molar-refractivity contribution in [3.05, 3.63) is 64.1 Å². The maximum atomic E-state index is 13.2. The number of hydrazine groups is 1. The summed E-state index contributed by atoms with van der Waals surface area (Å²) in [5.41, 5.74) is 5.82. The van der Waals surface area contributed by atoms with Gasteiger partial charge in [0.05, 0.1) is 40.7 Å². The molecule has 7 nitrogen and oxygen atoms in total. The molecule has 1 atom stereocenters. The molecule has 31 heavy (non-hydrogen) atoms. The van der Waals surface area contributed by atoms with Gasteiger partial charge in [-0.15, -0.1) is 0 Å². The second-order valence-corrected chi connectivity index (χ2v) is 7.29. The van der Waals surface area contributed by atoms with E-state index in [2.05, 4.69) is 4.98 Å². The Balaban J connectivity index is 1.89. The van der Waals surface area contributed by atoms with E-state index < -0.39 is 28.7 Å². The molecule has 1 aromatic heterocycles. The minimum atomic E-state index is -4.67. The molecule has 1 aromatic carbocycles. The molecule has 1 aliphatic heterocycles. The van der Waals surface area contributed by atoms with Gasteiger partial charge in [0, 0.05) is 25.2 Å². The number of nitrogens with two attached hydrogens (primary N) is 2. The zero-order valence-electron chi connectivity index (χ0n) is 16.8. The molecule has 0 radical (unpaired) electrons. The highest BCUT2D eigenvalue weighted by molar-refractivity contribution is 6.34. The molecule has 1 unspecified atom stereocenters. The summed E-state index contributed by atoms with van der Waals surface area (Å²) < 4.78 is 44.6. The Morgan fingerprint density at radius 3 is 2.71 bits per heavy atom. The quantitative estimate of drug-likeness (QED) is 0.540. The van der Waals surface area contributed by atoms with E-state index in [-0.39, 0.29) is 18.5 Å². The van der Waals surface area contributed by atoms with E-state index in [1.54, 1.807) is 19.1 Å². The Morgan fingerprint density at radius 1 is 1.35 bits per heavy atom. The van der Waals surface area contributed by atoms with E-state index in [4.69, 9.17) is 27.9 Å². The smallest absolute Gasteiger partial charge is 0.417 e. The number of aromatic nitrogens is 1. The Morgan fingerprint density at radius 2 is 2.06 bits per heavy atom. The standard InChI is InChI=1S/C20H21ClF3N5O2/c1-11-18(25)15(29(26)16-10-12(31-2)6-8-27-16)7-9-28(11)19(30)13-4-3-5-14(17(13)21)20(22,23)24/h3-6,8,10-11H,7,9,25-26H2,1-2H3.